The lowest BCUT2D eigenvalue weighted by atomic mass is 10.3. The van der Waals surface area contributed by atoms with Crippen molar-refractivity contribution >= 4 is 23.2 Å². The third-order valence-corrected chi connectivity index (χ3v) is 2.36. The van der Waals surface area contributed by atoms with Crippen LogP contribution in [0.25, 0.3) is 0 Å². The quantitative estimate of drug-likeness (QED) is 0.894. The Labute approximate surface area is 113 Å². The van der Waals surface area contributed by atoms with Crippen LogP contribution in [0.5, 0.6) is 5.75 Å². The van der Waals surface area contributed by atoms with Crippen LogP contribution >= 0.6 is 11.6 Å². The predicted octanol–water partition coefficient (Wildman–Crippen LogP) is 2.63. The number of rotatable bonds is 5. The maximum absolute atomic E-state index is 11.6. The molecule has 1 N–H and O–H groups in total. The number of benzene rings is 1. The first-order chi connectivity index (χ1) is 8.38. The van der Waals surface area contributed by atoms with Gasteiger partial charge in [0.2, 0.25) is 5.91 Å². The molecule has 18 heavy (non-hydrogen) atoms. The largest absolute Gasteiger partial charge is 0.491 e. The summed E-state index contributed by atoms with van der Waals surface area (Å²) < 4.78 is 5.51. The number of amides is 1. The SMILES string of the molecule is CC(C)Oc1ccc(NC(=O)CN(C)C)c(Cl)c1. The molecule has 0 heterocycles. The van der Waals surface area contributed by atoms with Crippen molar-refractivity contribution in [3.63, 3.8) is 0 Å². The van der Waals surface area contributed by atoms with Crippen molar-refractivity contribution in [1.82, 2.24) is 4.90 Å². The van der Waals surface area contributed by atoms with E-state index in [-0.39, 0.29) is 12.0 Å². The van der Waals surface area contributed by atoms with Gasteiger partial charge >= 0.3 is 0 Å². The van der Waals surface area contributed by atoms with Crippen LogP contribution < -0.4 is 10.1 Å². The van der Waals surface area contributed by atoms with Gasteiger partial charge in [0.05, 0.1) is 23.4 Å². The van der Waals surface area contributed by atoms with Crippen LogP contribution in [-0.2, 0) is 4.79 Å². The summed E-state index contributed by atoms with van der Waals surface area (Å²) in [4.78, 5) is 13.4. The van der Waals surface area contributed by atoms with E-state index >= 15 is 0 Å². The summed E-state index contributed by atoms with van der Waals surface area (Å²) >= 11 is 6.09. The van der Waals surface area contributed by atoms with E-state index in [1.54, 1.807) is 23.1 Å². The van der Waals surface area contributed by atoms with Gasteiger partial charge < -0.3 is 15.0 Å². The molecule has 0 spiro atoms. The first kappa shape index (κ1) is 14.8. The van der Waals surface area contributed by atoms with Crippen molar-refractivity contribution in [3.05, 3.63) is 23.2 Å². The molecule has 4 nitrogen and oxygen atoms in total. The Balaban J connectivity index is 2.70. The lowest BCUT2D eigenvalue weighted by molar-refractivity contribution is -0.116. The maximum Gasteiger partial charge on any atom is 0.238 e. The average Bonchev–Trinajstić information content (AvgIpc) is 2.20. The highest BCUT2D eigenvalue weighted by Crippen LogP contribution is 2.27. The van der Waals surface area contributed by atoms with Gasteiger partial charge in [0.15, 0.2) is 0 Å². The topological polar surface area (TPSA) is 41.6 Å². The van der Waals surface area contributed by atoms with Gasteiger partial charge in [-0.25, -0.2) is 0 Å². The van der Waals surface area contributed by atoms with E-state index in [4.69, 9.17) is 16.3 Å². The van der Waals surface area contributed by atoms with Crippen molar-refractivity contribution in [3.8, 4) is 5.75 Å². The molecule has 0 aliphatic heterocycles. The highest BCUT2D eigenvalue weighted by atomic mass is 35.5. The molecule has 0 unspecified atom stereocenters. The lowest BCUT2D eigenvalue weighted by Gasteiger charge is -2.13. The fourth-order valence-electron chi connectivity index (χ4n) is 1.42. The van der Waals surface area contributed by atoms with Gasteiger partial charge in [-0.15, -0.1) is 0 Å². The summed E-state index contributed by atoms with van der Waals surface area (Å²) in [6.45, 7) is 4.21. The second kappa shape index (κ2) is 6.61. The van der Waals surface area contributed by atoms with E-state index in [0.29, 0.717) is 23.0 Å². The van der Waals surface area contributed by atoms with Crippen molar-refractivity contribution < 1.29 is 9.53 Å². The Morgan fingerprint density at radius 3 is 2.61 bits per heavy atom. The minimum Gasteiger partial charge on any atom is -0.491 e. The number of nitrogens with one attached hydrogen (secondary N) is 1. The maximum atomic E-state index is 11.6. The Morgan fingerprint density at radius 1 is 1.44 bits per heavy atom. The minimum atomic E-state index is -0.0978. The van der Waals surface area contributed by atoms with Gasteiger partial charge in [-0.1, -0.05) is 11.6 Å². The number of carbonyl (C=O) groups excluding carboxylic acids is 1. The number of likely N-dealkylation sites (N-methyl/N-ethyl adjacent to an activating group) is 1. The third kappa shape index (κ3) is 4.94. The van der Waals surface area contributed by atoms with Crippen molar-refractivity contribution in [2.45, 2.75) is 20.0 Å². The van der Waals surface area contributed by atoms with Gasteiger partial charge in [0.25, 0.3) is 0 Å². The number of nitrogens with zero attached hydrogens (tertiary/aromatic N) is 1. The molecule has 0 fully saturated rings. The lowest BCUT2D eigenvalue weighted by Crippen LogP contribution is -2.27. The van der Waals surface area contributed by atoms with Crippen LogP contribution in [0.3, 0.4) is 0 Å². The molecular formula is C13H19ClN2O2. The number of halogens is 1. The van der Waals surface area contributed by atoms with E-state index < -0.39 is 0 Å². The fraction of sp³-hybridized carbons (Fsp3) is 0.462. The Hall–Kier alpha value is -1.26. The Morgan fingerprint density at radius 2 is 2.11 bits per heavy atom. The van der Waals surface area contributed by atoms with Gasteiger partial charge in [-0.3, -0.25) is 4.79 Å². The molecule has 0 saturated heterocycles. The van der Waals surface area contributed by atoms with Crippen LogP contribution in [-0.4, -0.2) is 37.6 Å². The van der Waals surface area contributed by atoms with Crippen molar-refractivity contribution in [2.24, 2.45) is 0 Å². The van der Waals surface area contributed by atoms with Crippen LogP contribution in [0.1, 0.15) is 13.8 Å². The number of hydrogen-bond donors (Lipinski definition) is 1. The molecule has 1 aromatic carbocycles. The molecule has 1 amide bonds. The van der Waals surface area contributed by atoms with Crippen LogP contribution in [0.15, 0.2) is 18.2 Å². The van der Waals surface area contributed by atoms with Crippen molar-refractivity contribution in [1.29, 1.82) is 0 Å². The second-order valence-electron chi connectivity index (χ2n) is 4.59. The van der Waals surface area contributed by atoms with Gasteiger partial charge in [0, 0.05) is 6.07 Å². The van der Waals surface area contributed by atoms with Crippen LogP contribution in [0.2, 0.25) is 5.02 Å². The monoisotopic (exact) mass is 270 g/mol. The number of ether oxygens (including phenoxy) is 1. The summed E-state index contributed by atoms with van der Waals surface area (Å²) in [6, 6.07) is 5.23. The van der Waals surface area contributed by atoms with E-state index in [2.05, 4.69) is 5.32 Å². The van der Waals surface area contributed by atoms with Gasteiger partial charge in [0.1, 0.15) is 5.75 Å². The Bertz CT molecular complexity index is 419. The summed E-state index contributed by atoms with van der Waals surface area (Å²) in [6.07, 6.45) is 0.0928. The first-order valence-electron chi connectivity index (χ1n) is 5.79. The zero-order valence-corrected chi connectivity index (χ0v) is 11.9. The third-order valence-electron chi connectivity index (χ3n) is 2.05. The van der Waals surface area contributed by atoms with Gasteiger partial charge in [-0.2, -0.15) is 0 Å². The summed E-state index contributed by atoms with van der Waals surface area (Å²) in [5.41, 5.74) is 0.597. The van der Waals surface area contributed by atoms with E-state index in [1.807, 2.05) is 27.9 Å². The molecule has 1 rings (SSSR count). The standard InChI is InChI=1S/C13H19ClN2O2/c1-9(2)18-10-5-6-12(11(14)7-10)15-13(17)8-16(3)4/h5-7,9H,8H2,1-4H3,(H,15,17). The number of anilines is 1. The second-order valence-corrected chi connectivity index (χ2v) is 5.00. The molecule has 5 heteroatoms. The average molecular weight is 271 g/mol. The highest BCUT2D eigenvalue weighted by Gasteiger charge is 2.08. The minimum absolute atomic E-state index is 0.0928. The summed E-state index contributed by atoms with van der Waals surface area (Å²) in [5.74, 6) is 0.597. The van der Waals surface area contributed by atoms with E-state index in [0.717, 1.165) is 0 Å². The zero-order valence-electron chi connectivity index (χ0n) is 11.2. The van der Waals surface area contributed by atoms with Crippen molar-refractivity contribution in [2.75, 3.05) is 26.0 Å². The molecule has 1 aromatic rings. The number of hydrogen-bond acceptors (Lipinski definition) is 3. The smallest absolute Gasteiger partial charge is 0.238 e. The molecule has 0 bridgehead atoms. The highest BCUT2D eigenvalue weighted by molar-refractivity contribution is 6.33. The molecule has 100 valence electrons. The molecule has 0 atom stereocenters. The summed E-state index contributed by atoms with van der Waals surface area (Å²) in [7, 11) is 3.67. The van der Waals surface area contributed by atoms with E-state index in [1.165, 1.54) is 0 Å². The first-order valence-corrected chi connectivity index (χ1v) is 6.17. The molecule has 0 aliphatic rings. The van der Waals surface area contributed by atoms with Crippen LogP contribution in [0, 0.1) is 0 Å². The molecule has 0 aromatic heterocycles. The predicted molar refractivity (Wildman–Crippen MR) is 74.4 cm³/mol. The molecular weight excluding hydrogens is 252 g/mol. The molecule has 0 radical (unpaired) electrons. The van der Waals surface area contributed by atoms with E-state index in [9.17, 15) is 4.79 Å². The molecule has 0 aliphatic carbocycles. The van der Waals surface area contributed by atoms with Gasteiger partial charge in [-0.05, 0) is 40.1 Å². The van der Waals surface area contributed by atoms with Crippen LogP contribution in [0.4, 0.5) is 5.69 Å². The normalized spacial score (nSPS) is 10.8. The summed E-state index contributed by atoms with van der Waals surface area (Å²) in [5, 5.41) is 3.23. The number of carbonyl (C=O) groups is 1. The zero-order chi connectivity index (χ0) is 13.7. The fourth-order valence-corrected chi connectivity index (χ4v) is 1.64. The Kier molecular flexibility index (Phi) is 5.44. The molecule has 0 saturated carbocycles.